The number of rotatable bonds is 6. The molecule has 2 aliphatic rings. The number of halogens is 1. The second kappa shape index (κ2) is 10.9. The maximum atomic E-state index is 13.2. The zero-order chi connectivity index (χ0) is 27.6. The van der Waals surface area contributed by atoms with Gasteiger partial charge in [-0.2, -0.15) is 9.78 Å². The number of phenolic OH excluding ortho intramolecular Hbond substituents is 1. The number of nitrogens with zero attached hydrogens (tertiary/aromatic N) is 2. The van der Waals surface area contributed by atoms with Gasteiger partial charge in [0.05, 0.1) is 11.4 Å². The molecule has 0 unspecified atom stereocenters. The van der Waals surface area contributed by atoms with Crippen LogP contribution >= 0.6 is 11.6 Å². The third-order valence-electron chi connectivity index (χ3n) is 7.26. The molecule has 1 aliphatic heterocycles. The van der Waals surface area contributed by atoms with Crippen molar-refractivity contribution in [3.8, 4) is 28.5 Å². The molecule has 3 N–H and O–H groups in total. The number of anilines is 1. The van der Waals surface area contributed by atoms with E-state index in [9.17, 15) is 14.7 Å². The van der Waals surface area contributed by atoms with Crippen molar-refractivity contribution in [3.05, 3.63) is 88.6 Å². The number of benzene rings is 3. The van der Waals surface area contributed by atoms with Crippen molar-refractivity contribution in [1.82, 2.24) is 15.1 Å². The van der Waals surface area contributed by atoms with Gasteiger partial charge in [0.25, 0.3) is 5.91 Å². The molecule has 204 valence electrons. The molecule has 40 heavy (non-hydrogen) atoms. The number of ether oxygens (including phenoxy) is 2. The predicted molar refractivity (Wildman–Crippen MR) is 150 cm³/mol. The van der Waals surface area contributed by atoms with Crippen LogP contribution in [0.25, 0.3) is 11.3 Å². The molecule has 0 spiro atoms. The zero-order valence-corrected chi connectivity index (χ0v) is 22.3. The van der Waals surface area contributed by atoms with Gasteiger partial charge in [-0.1, -0.05) is 42.6 Å². The van der Waals surface area contributed by atoms with Crippen LogP contribution in [0.5, 0.6) is 17.2 Å². The summed E-state index contributed by atoms with van der Waals surface area (Å²) in [6.45, 7) is 0.387. The van der Waals surface area contributed by atoms with E-state index in [0.717, 1.165) is 36.9 Å². The van der Waals surface area contributed by atoms with Crippen LogP contribution in [0.15, 0.2) is 66.7 Å². The lowest BCUT2D eigenvalue weighted by molar-refractivity contribution is 0.102. The molecular weight excluding hydrogens is 532 g/mol. The highest BCUT2D eigenvalue weighted by Gasteiger charge is 2.26. The summed E-state index contributed by atoms with van der Waals surface area (Å²) in [7, 11) is 0. The number of carbonyl (C=O) groups is 2. The van der Waals surface area contributed by atoms with Gasteiger partial charge in [0.15, 0.2) is 11.5 Å². The Kier molecular flexibility index (Phi) is 7.04. The maximum absolute atomic E-state index is 13.2. The number of fused-ring (bicyclic) bond motifs is 1. The average Bonchev–Trinajstić information content (AvgIpc) is 3.73. The molecule has 0 saturated heterocycles. The smallest absolute Gasteiger partial charge is 0.342 e. The van der Waals surface area contributed by atoms with E-state index in [1.54, 1.807) is 36.4 Å². The van der Waals surface area contributed by atoms with Crippen LogP contribution in [-0.4, -0.2) is 33.6 Å². The normalized spacial score (nSPS) is 14.3. The van der Waals surface area contributed by atoms with Gasteiger partial charge < -0.3 is 25.2 Å². The van der Waals surface area contributed by atoms with Crippen LogP contribution in [0, 0.1) is 0 Å². The first kappa shape index (κ1) is 25.8. The first-order chi connectivity index (χ1) is 19.5. The number of hydrogen-bond donors (Lipinski definition) is 3. The van der Waals surface area contributed by atoms with E-state index in [1.165, 1.54) is 10.7 Å². The largest absolute Gasteiger partial charge is 0.507 e. The maximum Gasteiger partial charge on any atom is 0.342 e. The molecule has 9 nitrogen and oxygen atoms in total. The molecule has 1 saturated carbocycles. The van der Waals surface area contributed by atoms with Crippen LogP contribution in [-0.2, 0) is 6.54 Å². The fourth-order valence-electron chi connectivity index (χ4n) is 5.16. The molecule has 2 amide bonds. The fraction of sp³-hybridized carbons (Fsp3) is 0.233. The fourth-order valence-corrected chi connectivity index (χ4v) is 5.36. The van der Waals surface area contributed by atoms with Crippen molar-refractivity contribution < 1.29 is 24.2 Å². The van der Waals surface area contributed by atoms with Gasteiger partial charge in [-0.05, 0) is 60.9 Å². The summed E-state index contributed by atoms with van der Waals surface area (Å²) in [4.78, 5) is 26.0. The molecule has 0 radical (unpaired) electrons. The Morgan fingerprint density at radius 3 is 2.60 bits per heavy atom. The van der Waals surface area contributed by atoms with Gasteiger partial charge in [0.2, 0.25) is 6.79 Å². The number of aromatic hydroxyl groups is 1. The van der Waals surface area contributed by atoms with E-state index >= 15 is 0 Å². The number of nitrogens with one attached hydrogen (secondary N) is 2. The van der Waals surface area contributed by atoms with Crippen LogP contribution in [0.1, 0.15) is 53.2 Å². The number of hydrogen-bond acceptors (Lipinski definition) is 6. The van der Waals surface area contributed by atoms with Crippen LogP contribution in [0.4, 0.5) is 10.5 Å². The first-order valence-corrected chi connectivity index (χ1v) is 13.5. The number of aromatic nitrogens is 2. The molecule has 10 heteroatoms. The van der Waals surface area contributed by atoms with E-state index < -0.39 is 0 Å². The standard InChI is InChI=1S/C30H27ClN4O5/c31-23-8-4-3-7-20(23)16-32-30(38)35-25(18-5-1-2-6-18)15-24(34-35)22-11-10-21(14-26(22)36)33-29(37)19-9-12-27-28(13-19)40-17-39-27/h3-4,7-15,18,36H,1-2,5-6,16-17H2,(H,32,38)(H,33,37). The summed E-state index contributed by atoms with van der Waals surface area (Å²) in [5.41, 5.74) is 3.36. The summed E-state index contributed by atoms with van der Waals surface area (Å²) >= 11 is 6.25. The molecular formula is C30H27ClN4O5. The molecule has 1 fully saturated rings. The SMILES string of the molecule is O=C(Nc1ccc(-c2cc(C3CCCC3)n(C(=O)NCc3ccccc3Cl)n2)c(O)c1)c1ccc2c(c1)OCO2. The molecule has 1 aromatic heterocycles. The lowest BCUT2D eigenvalue weighted by Crippen LogP contribution is -2.30. The Balaban J connectivity index is 1.22. The average molecular weight is 559 g/mol. The number of phenols is 1. The lowest BCUT2D eigenvalue weighted by Gasteiger charge is -2.12. The van der Waals surface area contributed by atoms with Crippen LogP contribution < -0.4 is 20.1 Å². The van der Waals surface area contributed by atoms with Crippen LogP contribution in [0.2, 0.25) is 5.02 Å². The van der Waals surface area contributed by atoms with Gasteiger partial charge in [-0.15, -0.1) is 0 Å². The zero-order valence-electron chi connectivity index (χ0n) is 21.5. The van der Waals surface area contributed by atoms with E-state index in [0.29, 0.717) is 39.0 Å². The Hall–Kier alpha value is -4.50. The first-order valence-electron chi connectivity index (χ1n) is 13.1. The minimum atomic E-state index is -0.361. The number of carbonyl (C=O) groups excluding carboxylic acids is 2. The predicted octanol–water partition coefficient (Wildman–Crippen LogP) is 6.31. The summed E-state index contributed by atoms with van der Waals surface area (Å²) in [6.07, 6.45) is 4.13. The van der Waals surface area contributed by atoms with E-state index in [4.69, 9.17) is 21.1 Å². The Morgan fingerprint density at radius 1 is 1.00 bits per heavy atom. The third kappa shape index (κ3) is 5.20. The summed E-state index contributed by atoms with van der Waals surface area (Å²) in [6, 6.07) is 18.6. The highest BCUT2D eigenvalue weighted by molar-refractivity contribution is 6.31. The third-order valence-corrected chi connectivity index (χ3v) is 7.63. The highest BCUT2D eigenvalue weighted by atomic mass is 35.5. The molecule has 3 aromatic carbocycles. The minimum absolute atomic E-state index is 0.0671. The van der Waals surface area contributed by atoms with Crippen LogP contribution in [0.3, 0.4) is 0 Å². The molecule has 1 aliphatic carbocycles. The topological polar surface area (TPSA) is 115 Å². The van der Waals surface area contributed by atoms with Crippen molar-refractivity contribution in [3.63, 3.8) is 0 Å². The molecule has 0 atom stereocenters. The molecule has 4 aromatic rings. The molecule has 2 heterocycles. The quantitative estimate of drug-likeness (QED) is 0.256. The monoisotopic (exact) mass is 558 g/mol. The van der Waals surface area contributed by atoms with Gasteiger partial charge in [0, 0.05) is 40.4 Å². The van der Waals surface area contributed by atoms with E-state index in [2.05, 4.69) is 15.7 Å². The van der Waals surface area contributed by atoms with Crippen molar-refractivity contribution in [2.75, 3.05) is 12.1 Å². The summed E-state index contributed by atoms with van der Waals surface area (Å²) < 4.78 is 12.0. The molecule has 6 rings (SSSR count). The van der Waals surface area contributed by atoms with Crippen molar-refractivity contribution in [2.24, 2.45) is 0 Å². The Morgan fingerprint density at radius 2 is 1.80 bits per heavy atom. The van der Waals surface area contributed by atoms with Gasteiger partial charge >= 0.3 is 6.03 Å². The summed E-state index contributed by atoms with van der Waals surface area (Å²) in [5.74, 6) is 0.883. The number of amides is 2. The van der Waals surface area contributed by atoms with Crippen molar-refractivity contribution >= 4 is 29.2 Å². The lowest BCUT2D eigenvalue weighted by atomic mass is 10.0. The minimum Gasteiger partial charge on any atom is -0.507 e. The van der Waals surface area contributed by atoms with E-state index in [1.807, 2.05) is 24.3 Å². The van der Waals surface area contributed by atoms with E-state index in [-0.39, 0.29) is 36.9 Å². The summed E-state index contributed by atoms with van der Waals surface area (Å²) in [5, 5.41) is 21.8. The Labute approximate surface area is 235 Å². The van der Waals surface area contributed by atoms with Gasteiger partial charge in [-0.25, -0.2) is 4.79 Å². The van der Waals surface area contributed by atoms with Crippen molar-refractivity contribution in [2.45, 2.75) is 38.1 Å². The second-order valence-electron chi connectivity index (χ2n) is 9.85. The molecule has 0 bridgehead atoms. The Bertz CT molecular complexity index is 1590. The van der Waals surface area contributed by atoms with Gasteiger partial charge in [0.1, 0.15) is 5.75 Å². The van der Waals surface area contributed by atoms with Gasteiger partial charge in [-0.3, -0.25) is 4.79 Å². The second-order valence-corrected chi connectivity index (χ2v) is 10.3. The van der Waals surface area contributed by atoms with Crippen molar-refractivity contribution in [1.29, 1.82) is 0 Å². The highest BCUT2D eigenvalue weighted by Crippen LogP contribution is 2.38.